The van der Waals surface area contributed by atoms with Crippen molar-refractivity contribution in [2.75, 3.05) is 12.0 Å². The zero-order valence-corrected chi connectivity index (χ0v) is 14.2. The summed E-state index contributed by atoms with van der Waals surface area (Å²) in [5, 5.41) is 3.33. The van der Waals surface area contributed by atoms with Gasteiger partial charge >= 0.3 is 0 Å². The Kier molecular flexibility index (Phi) is 5.39. The first-order valence-corrected chi connectivity index (χ1v) is 9.09. The van der Waals surface area contributed by atoms with E-state index in [-0.39, 0.29) is 23.3 Å². The zero-order valence-electron chi connectivity index (χ0n) is 13.4. The molecule has 0 saturated carbocycles. The molecular weight excluding hydrogens is 270 g/mol. The van der Waals surface area contributed by atoms with Gasteiger partial charge in [-0.25, -0.2) is 8.42 Å². The maximum Gasteiger partial charge on any atom is 0.148 e. The van der Waals surface area contributed by atoms with Gasteiger partial charge in [0.2, 0.25) is 0 Å². The van der Waals surface area contributed by atoms with E-state index in [2.05, 4.69) is 57.3 Å². The van der Waals surface area contributed by atoms with Crippen molar-refractivity contribution in [3.8, 4) is 0 Å². The van der Waals surface area contributed by atoms with E-state index in [0.29, 0.717) is 0 Å². The Bertz CT molecular complexity index is 527. The highest BCUT2D eigenvalue weighted by Crippen LogP contribution is 2.24. The molecule has 1 aromatic carbocycles. The van der Waals surface area contributed by atoms with E-state index in [0.717, 1.165) is 0 Å². The molecule has 0 heterocycles. The molecule has 0 aliphatic heterocycles. The number of benzene rings is 1. The Labute approximate surface area is 123 Å². The SMILES string of the molecule is CC(CS(C)(=O)=O)NC(C)c1ccc(C(C)(C)C)cc1. The van der Waals surface area contributed by atoms with Gasteiger partial charge in [-0.1, -0.05) is 45.0 Å². The summed E-state index contributed by atoms with van der Waals surface area (Å²) in [5.41, 5.74) is 2.63. The molecule has 0 radical (unpaired) electrons. The van der Waals surface area contributed by atoms with Crippen LogP contribution in [0.3, 0.4) is 0 Å². The second kappa shape index (κ2) is 6.27. The normalized spacial score (nSPS) is 15.9. The van der Waals surface area contributed by atoms with Gasteiger partial charge in [0, 0.05) is 18.3 Å². The molecule has 0 fully saturated rings. The molecule has 0 aliphatic rings. The zero-order chi connectivity index (χ0) is 15.6. The van der Waals surface area contributed by atoms with Gasteiger partial charge in [-0.2, -0.15) is 0 Å². The van der Waals surface area contributed by atoms with Crippen LogP contribution in [0.1, 0.15) is 51.8 Å². The van der Waals surface area contributed by atoms with Crippen molar-refractivity contribution in [3.05, 3.63) is 35.4 Å². The first kappa shape index (κ1) is 17.2. The average Bonchev–Trinajstić information content (AvgIpc) is 2.25. The standard InChI is InChI=1S/C16H27NO2S/c1-12(11-20(6,18)19)17-13(2)14-7-9-15(10-8-14)16(3,4)5/h7-10,12-13,17H,11H2,1-6H3. The van der Waals surface area contributed by atoms with E-state index < -0.39 is 9.84 Å². The highest BCUT2D eigenvalue weighted by atomic mass is 32.2. The van der Waals surface area contributed by atoms with Crippen molar-refractivity contribution >= 4 is 9.84 Å². The van der Waals surface area contributed by atoms with Crippen LogP contribution in [0.5, 0.6) is 0 Å². The number of hydrogen-bond acceptors (Lipinski definition) is 3. The van der Waals surface area contributed by atoms with Crippen LogP contribution < -0.4 is 5.32 Å². The van der Waals surface area contributed by atoms with Crippen LogP contribution in [-0.4, -0.2) is 26.5 Å². The monoisotopic (exact) mass is 297 g/mol. The lowest BCUT2D eigenvalue weighted by Gasteiger charge is -2.22. The topological polar surface area (TPSA) is 46.2 Å². The second-order valence-electron chi connectivity index (χ2n) is 6.75. The molecule has 0 amide bonds. The summed E-state index contributed by atoms with van der Waals surface area (Å²) >= 11 is 0. The fraction of sp³-hybridized carbons (Fsp3) is 0.625. The second-order valence-corrected chi connectivity index (χ2v) is 8.94. The lowest BCUT2D eigenvalue weighted by molar-refractivity contribution is 0.500. The third kappa shape index (κ3) is 5.63. The van der Waals surface area contributed by atoms with E-state index in [4.69, 9.17) is 0 Å². The maximum absolute atomic E-state index is 11.3. The Balaban J connectivity index is 2.71. The van der Waals surface area contributed by atoms with E-state index >= 15 is 0 Å². The molecule has 0 saturated heterocycles. The van der Waals surface area contributed by atoms with Crippen molar-refractivity contribution < 1.29 is 8.42 Å². The molecule has 2 unspecified atom stereocenters. The van der Waals surface area contributed by atoms with Crippen molar-refractivity contribution in [1.82, 2.24) is 5.32 Å². The third-order valence-electron chi connectivity index (χ3n) is 3.36. The van der Waals surface area contributed by atoms with E-state index in [1.807, 2.05) is 6.92 Å². The van der Waals surface area contributed by atoms with Gasteiger partial charge in [-0.3, -0.25) is 0 Å². The fourth-order valence-electron chi connectivity index (χ4n) is 2.30. The predicted octanol–water partition coefficient (Wildman–Crippen LogP) is 3.07. The Morgan fingerprint density at radius 2 is 1.60 bits per heavy atom. The van der Waals surface area contributed by atoms with Crippen molar-refractivity contribution in [2.24, 2.45) is 0 Å². The molecule has 1 rings (SSSR count). The first-order valence-electron chi connectivity index (χ1n) is 7.03. The summed E-state index contributed by atoms with van der Waals surface area (Å²) in [5.74, 6) is 0.164. The summed E-state index contributed by atoms with van der Waals surface area (Å²) in [4.78, 5) is 0. The largest absolute Gasteiger partial charge is 0.307 e. The number of nitrogens with one attached hydrogen (secondary N) is 1. The highest BCUT2D eigenvalue weighted by molar-refractivity contribution is 7.90. The molecule has 20 heavy (non-hydrogen) atoms. The van der Waals surface area contributed by atoms with Gasteiger partial charge in [0.05, 0.1) is 5.75 Å². The minimum atomic E-state index is -2.94. The number of rotatable bonds is 5. The third-order valence-corrected chi connectivity index (χ3v) is 4.47. The fourth-order valence-corrected chi connectivity index (χ4v) is 3.30. The van der Waals surface area contributed by atoms with Gasteiger partial charge in [0.25, 0.3) is 0 Å². The summed E-state index contributed by atoms with van der Waals surface area (Å²) in [6.07, 6.45) is 1.27. The number of hydrogen-bond donors (Lipinski definition) is 1. The highest BCUT2D eigenvalue weighted by Gasteiger charge is 2.16. The molecular formula is C16H27NO2S. The van der Waals surface area contributed by atoms with Gasteiger partial charge < -0.3 is 5.32 Å². The van der Waals surface area contributed by atoms with Gasteiger partial charge in [-0.15, -0.1) is 0 Å². The van der Waals surface area contributed by atoms with E-state index in [1.165, 1.54) is 17.4 Å². The van der Waals surface area contributed by atoms with Gasteiger partial charge in [0.15, 0.2) is 0 Å². The summed E-state index contributed by atoms with van der Waals surface area (Å²) in [6.45, 7) is 10.5. The molecule has 0 aliphatic carbocycles. The first-order chi connectivity index (χ1) is 8.99. The molecule has 0 bridgehead atoms. The maximum atomic E-state index is 11.3. The predicted molar refractivity (Wildman–Crippen MR) is 85.9 cm³/mol. The minimum absolute atomic E-state index is 0.0534. The molecule has 1 N–H and O–H groups in total. The van der Waals surface area contributed by atoms with Gasteiger partial charge in [-0.05, 0) is 30.4 Å². The number of sulfone groups is 1. The Morgan fingerprint density at radius 1 is 1.10 bits per heavy atom. The smallest absolute Gasteiger partial charge is 0.148 e. The molecule has 114 valence electrons. The van der Waals surface area contributed by atoms with Crippen LogP contribution in [-0.2, 0) is 15.3 Å². The Hall–Kier alpha value is -0.870. The van der Waals surface area contributed by atoms with Crippen LogP contribution in [0.4, 0.5) is 0 Å². The summed E-state index contributed by atoms with van der Waals surface area (Å²) in [6, 6.07) is 8.61. The van der Waals surface area contributed by atoms with Crippen LogP contribution in [0.15, 0.2) is 24.3 Å². The summed E-state index contributed by atoms with van der Waals surface area (Å²) < 4.78 is 22.5. The molecule has 2 atom stereocenters. The average molecular weight is 297 g/mol. The molecule has 1 aromatic rings. The van der Waals surface area contributed by atoms with Crippen molar-refractivity contribution in [2.45, 2.75) is 52.1 Å². The molecule has 4 heteroatoms. The molecule has 0 spiro atoms. The minimum Gasteiger partial charge on any atom is -0.307 e. The van der Waals surface area contributed by atoms with Crippen LogP contribution in [0, 0.1) is 0 Å². The Morgan fingerprint density at radius 3 is 2.00 bits per heavy atom. The van der Waals surface area contributed by atoms with Crippen molar-refractivity contribution in [1.29, 1.82) is 0 Å². The van der Waals surface area contributed by atoms with Crippen molar-refractivity contribution in [3.63, 3.8) is 0 Å². The molecule has 3 nitrogen and oxygen atoms in total. The van der Waals surface area contributed by atoms with Crippen LogP contribution in [0.25, 0.3) is 0 Å². The van der Waals surface area contributed by atoms with E-state index in [9.17, 15) is 8.42 Å². The lowest BCUT2D eigenvalue weighted by atomic mass is 9.86. The molecule has 0 aromatic heterocycles. The van der Waals surface area contributed by atoms with E-state index in [1.54, 1.807) is 0 Å². The van der Waals surface area contributed by atoms with Gasteiger partial charge in [0.1, 0.15) is 9.84 Å². The quantitative estimate of drug-likeness (QED) is 0.908. The lowest BCUT2D eigenvalue weighted by Crippen LogP contribution is -2.34. The van der Waals surface area contributed by atoms with Crippen LogP contribution >= 0.6 is 0 Å². The van der Waals surface area contributed by atoms with Crippen LogP contribution in [0.2, 0.25) is 0 Å². The summed E-state index contributed by atoms with van der Waals surface area (Å²) in [7, 11) is -2.94.